The highest BCUT2D eigenvalue weighted by atomic mass is 32.1. The summed E-state index contributed by atoms with van der Waals surface area (Å²) in [4.78, 5) is 7.67. The van der Waals surface area contributed by atoms with E-state index in [-0.39, 0.29) is 0 Å². The molecule has 3 aromatic rings. The average molecular weight is 256 g/mol. The Kier molecular flexibility index (Phi) is 2.72. The number of H-pyrrole nitrogens is 1. The Labute approximate surface area is 109 Å². The molecule has 0 spiro atoms. The van der Waals surface area contributed by atoms with Gasteiger partial charge in [0.1, 0.15) is 22.3 Å². The van der Waals surface area contributed by atoms with Crippen molar-refractivity contribution >= 4 is 23.2 Å². The van der Waals surface area contributed by atoms with Crippen LogP contribution in [0, 0.1) is 4.64 Å². The van der Waals surface area contributed by atoms with Gasteiger partial charge >= 0.3 is 0 Å². The van der Waals surface area contributed by atoms with E-state index in [1.165, 1.54) is 0 Å². The summed E-state index contributed by atoms with van der Waals surface area (Å²) < 4.78 is 6.13. The van der Waals surface area contributed by atoms with E-state index in [4.69, 9.17) is 16.6 Å². The van der Waals surface area contributed by atoms with Crippen molar-refractivity contribution in [3.05, 3.63) is 46.9 Å². The molecule has 1 aromatic carbocycles. The first kappa shape index (κ1) is 11.2. The van der Waals surface area contributed by atoms with Crippen LogP contribution in [0.4, 0.5) is 0 Å². The Morgan fingerprint density at radius 2 is 2.17 bits per heavy atom. The molecule has 90 valence electrons. The van der Waals surface area contributed by atoms with E-state index < -0.39 is 0 Å². The first-order valence-corrected chi connectivity index (χ1v) is 6.25. The molecule has 0 amide bonds. The van der Waals surface area contributed by atoms with E-state index in [0.717, 1.165) is 34.5 Å². The lowest BCUT2D eigenvalue weighted by atomic mass is 10.1. The number of aromatic amines is 1. The predicted molar refractivity (Wildman–Crippen MR) is 74.0 cm³/mol. The molecule has 2 heterocycles. The molecule has 0 aliphatic carbocycles. The van der Waals surface area contributed by atoms with Crippen LogP contribution in [0.2, 0.25) is 0 Å². The average Bonchev–Trinajstić information content (AvgIpc) is 2.81. The minimum Gasteiger partial charge on any atom is -0.464 e. The number of nitrogens with one attached hydrogen (secondary N) is 1. The first-order chi connectivity index (χ1) is 8.78. The molecule has 3 rings (SSSR count). The second-order valence-corrected chi connectivity index (χ2v) is 4.51. The highest BCUT2D eigenvalue weighted by Gasteiger charge is 2.09. The molecular formula is C14H12N2OS. The van der Waals surface area contributed by atoms with Gasteiger partial charge in [-0.1, -0.05) is 37.3 Å². The monoisotopic (exact) mass is 256 g/mol. The number of para-hydroxylation sites is 1. The minimum atomic E-state index is 0.603. The van der Waals surface area contributed by atoms with Gasteiger partial charge in [-0.25, -0.2) is 4.98 Å². The van der Waals surface area contributed by atoms with Crippen molar-refractivity contribution in [1.82, 2.24) is 9.97 Å². The Hall–Kier alpha value is -1.94. The van der Waals surface area contributed by atoms with Crippen molar-refractivity contribution in [2.45, 2.75) is 13.3 Å². The van der Waals surface area contributed by atoms with Gasteiger partial charge in [-0.05, 0) is 18.6 Å². The molecule has 0 radical (unpaired) electrons. The van der Waals surface area contributed by atoms with Gasteiger partial charge in [-0.15, -0.1) is 0 Å². The van der Waals surface area contributed by atoms with Gasteiger partial charge in [-0.2, -0.15) is 0 Å². The first-order valence-electron chi connectivity index (χ1n) is 5.85. The van der Waals surface area contributed by atoms with Gasteiger partial charge in [0.2, 0.25) is 0 Å². The van der Waals surface area contributed by atoms with E-state index in [0.29, 0.717) is 4.64 Å². The van der Waals surface area contributed by atoms with Crippen molar-refractivity contribution < 1.29 is 4.42 Å². The quantitative estimate of drug-likeness (QED) is 0.701. The topological polar surface area (TPSA) is 41.8 Å². The van der Waals surface area contributed by atoms with Gasteiger partial charge in [0.25, 0.3) is 0 Å². The summed E-state index contributed by atoms with van der Waals surface area (Å²) in [6.07, 6.45) is 2.62. The summed E-state index contributed by atoms with van der Waals surface area (Å²) in [7, 11) is 0. The molecule has 0 fully saturated rings. The number of hydrogen-bond donors (Lipinski definition) is 1. The van der Waals surface area contributed by atoms with Gasteiger partial charge in [0, 0.05) is 11.1 Å². The van der Waals surface area contributed by atoms with E-state index in [9.17, 15) is 0 Å². The third-order valence-electron chi connectivity index (χ3n) is 2.92. The number of fused-ring (bicyclic) bond motifs is 1. The standard InChI is InChI=1S/C14H12N2OS/c1-2-9-7-13(18)16-14(15-9)11-8-17-12-6-4-3-5-10(11)12/h3-8H,2H2,1H3,(H,15,16,18). The molecule has 0 saturated heterocycles. The maximum absolute atomic E-state index is 5.52. The predicted octanol–water partition coefficient (Wildman–Crippen LogP) is 4.11. The van der Waals surface area contributed by atoms with Crippen molar-refractivity contribution in [2.75, 3.05) is 0 Å². The Morgan fingerprint density at radius 1 is 1.33 bits per heavy atom. The SMILES string of the molecule is CCc1cc(=S)nc(-c2coc3ccccc23)[nH]1. The maximum Gasteiger partial charge on any atom is 0.143 e. The van der Waals surface area contributed by atoms with Gasteiger partial charge in [0.05, 0.1) is 5.56 Å². The van der Waals surface area contributed by atoms with Gasteiger partial charge in [-0.3, -0.25) is 0 Å². The van der Waals surface area contributed by atoms with E-state index in [1.54, 1.807) is 6.26 Å². The largest absolute Gasteiger partial charge is 0.464 e. The molecule has 0 aliphatic rings. The minimum absolute atomic E-state index is 0.603. The fourth-order valence-electron chi connectivity index (χ4n) is 1.99. The van der Waals surface area contributed by atoms with Crippen LogP contribution in [0.15, 0.2) is 41.0 Å². The number of nitrogens with zero attached hydrogens (tertiary/aromatic N) is 1. The second-order valence-electron chi connectivity index (χ2n) is 4.09. The van der Waals surface area contributed by atoms with Crippen LogP contribution in [-0.2, 0) is 6.42 Å². The normalized spacial score (nSPS) is 10.9. The summed E-state index contributed by atoms with van der Waals surface area (Å²) >= 11 is 5.19. The highest BCUT2D eigenvalue weighted by molar-refractivity contribution is 7.71. The van der Waals surface area contributed by atoms with Crippen molar-refractivity contribution in [2.24, 2.45) is 0 Å². The summed E-state index contributed by atoms with van der Waals surface area (Å²) in [5.74, 6) is 0.768. The number of hydrogen-bond acceptors (Lipinski definition) is 3. The second kappa shape index (κ2) is 4.38. The molecular weight excluding hydrogens is 244 g/mol. The molecule has 4 heteroatoms. The lowest BCUT2D eigenvalue weighted by Crippen LogP contribution is -1.94. The molecule has 3 nitrogen and oxygen atoms in total. The Balaban J connectivity index is 2.26. The summed E-state index contributed by atoms with van der Waals surface area (Å²) in [5.41, 5.74) is 2.89. The molecule has 1 N–H and O–H groups in total. The van der Waals surface area contributed by atoms with Crippen LogP contribution in [0.1, 0.15) is 12.6 Å². The fourth-order valence-corrected chi connectivity index (χ4v) is 2.22. The van der Waals surface area contributed by atoms with Crippen LogP contribution >= 0.6 is 12.2 Å². The zero-order chi connectivity index (χ0) is 12.5. The lowest BCUT2D eigenvalue weighted by molar-refractivity contribution is 0.616. The van der Waals surface area contributed by atoms with Crippen LogP contribution in [-0.4, -0.2) is 9.97 Å². The Bertz CT molecular complexity index is 758. The van der Waals surface area contributed by atoms with Gasteiger partial charge in [0.15, 0.2) is 0 Å². The van der Waals surface area contributed by atoms with Crippen LogP contribution < -0.4 is 0 Å². The molecule has 0 saturated carbocycles. The molecule has 0 aliphatic heterocycles. The third kappa shape index (κ3) is 1.84. The van der Waals surface area contributed by atoms with Crippen molar-refractivity contribution in [1.29, 1.82) is 0 Å². The molecule has 0 bridgehead atoms. The van der Waals surface area contributed by atoms with E-state index >= 15 is 0 Å². The summed E-state index contributed by atoms with van der Waals surface area (Å²) in [5, 5.41) is 1.05. The van der Waals surface area contributed by atoms with Crippen molar-refractivity contribution in [3.63, 3.8) is 0 Å². The Morgan fingerprint density at radius 3 is 3.00 bits per heavy atom. The van der Waals surface area contributed by atoms with Crippen molar-refractivity contribution in [3.8, 4) is 11.4 Å². The molecule has 0 atom stereocenters. The zero-order valence-electron chi connectivity index (χ0n) is 9.93. The highest BCUT2D eigenvalue weighted by Crippen LogP contribution is 2.28. The van der Waals surface area contributed by atoms with Crippen LogP contribution in [0.5, 0.6) is 0 Å². The summed E-state index contributed by atoms with van der Waals surface area (Å²) in [6, 6.07) is 9.79. The number of aromatic nitrogens is 2. The van der Waals surface area contributed by atoms with Gasteiger partial charge < -0.3 is 9.40 Å². The van der Waals surface area contributed by atoms with Crippen LogP contribution in [0.25, 0.3) is 22.4 Å². The maximum atomic E-state index is 5.52. The zero-order valence-corrected chi connectivity index (χ0v) is 10.8. The smallest absolute Gasteiger partial charge is 0.143 e. The fraction of sp³-hybridized carbons (Fsp3) is 0.143. The number of aryl methyl sites for hydroxylation is 1. The molecule has 2 aromatic heterocycles. The van der Waals surface area contributed by atoms with Crippen LogP contribution in [0.3, 0.4) is 0 Å². The molecule has 0 unspecified atom stereocenters. The molecule has 18 heavy (non-hydrogen) atoms. The van der Waals surface area contributed by atoms with E-state index in [1.807, 2.05) is 30.3 Å². The number of furan rings is 1. The third-order valence-corrected chi connectivity index (χ3v) is 3.12. The van der Waals surface area contributed by atoms with E-state index in [2.05, 4.69) is 16.9 Å². The number of rotatable bonds is 2. The summed E-state index contributed by atoms with van der Waals surface area (Å²) in [6.45, 7) is 2.08. The lowest BCUT2D eigenvalue weighted by Gasteiger charge is -2.02. The number of benzene rings is 1.